The minimum absolute atomic E-state index is 0.00895. The van der Waals surface area contributed by atoms with E-state index < -0.39 is 0 Å². The van der Waals surface area contributed by atoms with Crippen molar-refractivity contribution in [1.29, 1.82) is 5.26 Å². The molecule has 1 amide bonds. The molecule has 0 bridgehead atoms. The van der Waals surface area contributed by atoms with Crippen LogP contribution in [0.25, 0.3) is 0 Å². The highest BCUT2D eigenvalue weighted by molar-refractivity contribution is 5.77. The number of nitrogens with one attached hydrogen (secondary N) is 1. The minimum Gasteiger partial charge on any atom is -0.273 e. The van der Waals surface area contributed by atoms with E-state index in [1.807, 2.05) is 6.07 Å². The Kier molecular flexibility index (Phi) is 6.33. The molecule has 0 atom stereocenters. The fraction of sp³-hybridized carbons (Fsp3) is 0.647. The molecule has 1 aliphatic carbocycles. The minimum atomic E-state index is 0.00895. The van der Waals surface area contributed by atoms with E-state index in [0.717, 1.165) is 6.42 Å². The van der Waals surface area contributed by atoms with Gasteiger partial charge in [0.05, 0.1) is 0 Å². The van der Waals surface area contributed by atoms with Crippen molar-refractivity contribution in [2.45, 2.75) is 52.4 Å². The van der Waals surface area contributed by atoms with E-state index in [1.54, 1.807) is 17.3 Å². The number of carbonyl (C=O) groups is 1. The van der Waals surface area contributed by atoms with Crippen molar-refractivity contribution in [3.63, 3.8) is 0 Å². The summed E-state index contributed by atoms with van der Waals surface area (Å²) in [6, 6.07) is 3.64. The molecule has 0 aromatic carbocycles. The number of anilines is 1. The number of hydrogen-bond acceptors (Lipinski definition) is 5. The Balaban J connectivity index is 1.96. The van der Waals surface area contributed by atoms with Crippen molar-refractivity contribution >= 4 is 11.7 Å². The van der Waals surface area contributed by atoms with Gasteiger partial charge in [-0.3, -0.25) is 15.2 Å². The Bertz CT molecular complexity index is 560. The smallest absolute Gasteiger partial charge is 0.238 e. The number of rotatable bonds is 7. The summed E-state index contributed by atoms with van der Waals surface area (Å²) in [6.07, 6.45) is 8.12. The Morgan fingerprint density at radius 2 is 2.22 bits per heavy atom. The van der Waals surface area contributed by atoms with Gasteiger partial charge in [0, 0.05) is 25.2 Å². The molecule has 6 nitrogen and oxygen atoms in total. The zero-order valence-electron chi connectivity index (χ0n) is 14.0. The molecular weight excluding hydrogens is 290 g/mol. The summed E-state index contributed by atoms with van der Waals surface area (Å²) in [4.78, 5) is 20.3. The summed E-state index contributed by atoms with van der Waals surface area (Å²) in [5.74, 6) is 1.72. The summed E-state index contributed by atoms with van der Waals surface area (Å²) in [5.41, 5.74) is 2.93. The highest BCUT2D eigenvalue weighted by atomic mass is 16.2. The first-order chi connectivity index (χ1) is 11.1. The summed E-state index contributed by atoms with van der Waals surface area (Å²) < 4.78 is 0. The SMILES string of the molecule is CC(C)CN(NC(=O)CCC1CCCC1)c1ccnc(C#N)n1. The molecule has 1 aromatic rings. The van der Waals surface area contributed by atoms with Gasteiger partial charge >= 0.3 is 0 Å². The number of carbonyl (C=O) groups excluding carboxylic acids is 1. The van der Waals surface area contributed by atoms with Crippen LogP contribution in [0.5, 0.6) is 0 Å². The maximum Gasteiger partial charge on any atom is 0.238 e. The van der Waals surface area contributed by atoms with E-state index in [0.29, 0.717) is 30.6 Å². The van der Waals surface area contributed by atoms with Gasteiger partial charge in [-0.05, 0) is 18.3 Å². The Morgan fingerprint density at radius 1 is 1.48 bits per heavy atom. The van der Waals surface area contributed by atoms with Gasteiger partial charge in [-0.2, -0.15) is 10.2 Å². The van der Waals surface area contributed by atoms with E-state index in [4.69, 9.17) is 5.26 Å². The highest BCUT2D eigenvalue weighted by Gasteiger charge is 2.18. The topological polar surface area (TPSA) is 81.9 Å². The van der Waals surface area contributed by atoms with Crippen LogP contribution in [-0.2, 0) is 4.79 Å². The predicted molar refractivity (Wildman–Crippen MR) is 88.3 cm³/mol. The molecule has 124 valence electrons. The first-order valence-corrected chi connectivity index (χ1v) is 8.38. The molecule has 0 radical (unpaired) electrons. The molecular formula is C17H25N5O. The lowest BCUT2D eigenvalue weighted by Crippen LogP contribution is -2.45. The number of hydrogen-bond donors (Lipinski definition) is 1. The van der Waals surface area contributed by atoms with Crippen molar-refractivity contribution in [3.05, 3.63) is 18.1 Å². The zero-order valence-corrected chi connectivity index (χ0v) is 14.0. The number of nitrogens with zero attached hydrogens (tertiary/aromatic N) is 4. The molecule has 0 unspecified atom stereocenters. The van der Waals surface area contributed by atoms with Crippen LogP contribution in [0.2, 0.25) is 0 Å². The van der Waals surface area contributed by atoms with Crippen LogP contribution in [0.4, 0.5) is 5.82 Å². The van der Waals surface area contributed by atoms with Crippen LogP contribution in [0.1, 0.15) is 58.2 Å². The molecule has 1 heterocycles. The molecule has 1 fully saturated rings. The fourth-order valence-corrected chi connectivity index (χ4v) is 2.96. The van der Waals surface area contributed by atoms with Gasteiger partial charge in [0.25, 0.3) is 0 Å². The van der Waals surface area contributed by atoms with Crippen molar-refractivity contribution in [2.75, 3.05) is 11.6 Å². The third-order valence-electron chi connectivity index (χ3n) is 4.08. The molecule has 2 rings (SSSR count). The van der Waals surface area contributed by atoms with E-state index in [-0.39, 0.29) is 11.7 Å². The maximum atomic E-state index is 12.3. The molecule has 1 N–H and O–H groups in total. The Morgan fingerprint density at radius 3 is 2.87 bits per heavy atom. The maximum absolute atomic E-state index is 12.3. The van der Waals surface area contributed by atoms with Crippen LogP contribution >= 0.6 is 0 Å². The monoisotopic (exact) mass is 315 g/mol. The van der Waals surface area contributed by atoms with Crippen molar-refractivity contribution in [3.8, 4) is 6.07 Å². The lowest BCUT2D eigenvalue weighted by molar-refractivity contribution is -0.121. The van der Waals surface area contributed by atoms with E-state index >= 15 is 0 Å². The summed E-state index contributed by atoms with van der Waals surface area (Å²) >= 11 is 0. The van der Waals surface area contributed by atoms with Crippen LogP contribution in [0.3, 0.4) is 0 Å². The summed E-state index contributed by atoms with van der Waals surface area (Å²) in [5, 5.41) is 10.7. The van der Waals surface area contributed by atoms with Gasteiger partial charge in [-0.1, -0.05) is 39.5 Å². The van der Waals surface area contributed by atoms with Crippen LogP contribution < -0.4 is 10.4 Å². The molecule has 1 aromatic heterocycles. The molecule has 0 spiro atoms. The van der Waals surface area contributed by atoms with E-state index in [9.17, 15) is 4.79 Å². The molecule has 23 heavy (non-hydrogen) atoms. The standard InChI is InChI=1S/C17H25N5O/c1-13(2)12-22(16-9-10-19-15(11-18)20-16)21-17(23)8-7-14-5-3-4-6-14/h9-10,13-14H,3-8,12H2,1-2H3,(H,21,23). The first kappa shape index (κ1) is 17.2. The summed E-state index contributed by atoms with van der Waals surface area (Å²) in [6.45, 7) is 4.78. The van der Waals surface area contributed by atoms with Crippen molar-refractivity contribution in [1.82, 2.24) is 15.4 Å². The van der Waals surface area contributed by atoms with Gasteiger partial charge in [0.1, 0.15) is 6.07 Å². The Hall–Kier alpha value is -2.16. The van der Waals surface area contributed by atoms with Gasteiger partial charge in [0.15, 0.2) is 5.82 Å². The average molecular weight is 315 g/mol. The van der Waals surface area contributed by atoms with Gasteiger partial charge in [0.2, 0.25) is 11.7 Å². The normalized spacial score (nSPS) is 14.7. The largest absolute Gasteiger partial charge is 0.273 e. The summed E-state index contributed by atoms with van der Waals surface area (Å²) in [7, 11) is 0. The van der Waals surface area contributed by atoms with Gasteiger partial charge in [-0.15, -0.1) is 0 Å². The van der Waals surface area contributed by atoms with E-state index in [1.165, 1.54) is 25.7 Å². The third kappa shape index (κ3) is 5.51. The fourth-order valence-electron chi connectivity index (χ4n) is 2.96. The lowest BCUT2D eigenvalue weighted by Gasteiger charge is -2.26. The first-order valence-electron chi connectivity index (χ1n) is 8.38. The zero-order chi connectivity index (χ0) is 16.7. The second-order valence-electron chi connectivity index (χ2n) is 6.58. The Labute approximate surface area is 137 Å². The highest BCUT2D eigenvalue weighted by Crippen LogP contribution is 2.28. The van der Waals surface area contributed by atoms with Crippen LogP contribution in [-0.4, -0.2) is 22.4 Å². The van der Waals surface area contributed by atoms with Gasteiger partial charge in [-0.25, -0.2) is 4.98 Å². The molecule has 0 aliphatic heterocycles. The van der Waals surface area contributed by atoms with E-state index in [2.05, 4.69) is 29.2 Å². The van der Waals surface area contributed by atoms with Gasteiger partial charge < -0.3 is 0 Å². The molecule has 0 saturated heterocycles. The average Bonchev–Trinajstić information content (AvgIpc) is 3.05. The number of nitriles is 1. The second kappa shape index (κ2) is 8.47. The third-order valence-corrected chi connectivity index (χ3v) is 4.08. The van der Waals surface area contributed by atoms with Crippen LogP contribution in [0, 0.1) is 23.2 Å². The molecule has 1 saturated carbocycles. The number of hydrazine groups is 1. The molecule has 1 aliphatic rings. The van der Waals surface area contributed by atoms with Crippen LogP contribution in [0.15, 0.2) is 12.3 Å². The quantitative estimate of drug-likeness (QED) is 0.782. The molecule has 6 heteroatoms. The van der Waals surface area contributed by atoms with Crippen molar-refractivity contribution in [2.24, 2.45) is 11.8 Å². The lowest BCUT2D eigenvalue weighted by atomic mass is 10.0. The predicted octanol–water partition coefficient (Wildman–Crippen LogP) is 2.81. The second-order valence-corrected chi connectivity index (χ2v) is 6.58. The number of aromatic nitrogens is 2. The van der Waals surface area contributed by atoms with Crippen molar-refractivity contribution < 1.29 is 4.79 Å². The number of amides is 1.